The van der Waals surface area contributed by atoms with Crippen LogP contribution in [-0.2, 0) is 40.0 Å². The average molecular weight is 679 g/mol. The lowest BCUT2D eigenvalue weighted by atomic mass is 10.1. The molecule has 46 heavy (non-hydrogen) atoms. The minimum atomic E-state index is -1.12. The van der Waals surface area contributed by atoms with Gasteiger partial charge in [-0.2, -0.15) is 0 Å². The van der Waals surface area contributed by atoms with Gasteiger partial charge < -0.3 is 29.0 Å². The third-order valence-electron chi connectivity index (χ3n) is 7.65. The Bertz CT molecular complexity index is 1190. The maximum Gasteiger partial charge on any atom is 0.534 e. The molecule has 4 rings (SSSR count). The number of ether oxygens (including phenoxy) is 5. The van der Waals surface area contributed by atoms with E-state index in [1.165, 1.54) is 0 Å². The minimum Gasteiger partial charge on any atom is -0.465 e. The lowest BCUT2D eigenvalue weighted by Gasteiger charge is -2.16. The van der Waals surface area contributed by atoms with Gasteiger partial charge in [0.2, 0.25) is 0 Å². The molecule has 3 atom stereocenters. The Kier molecular flexibility index (Phi) is 15.2. The largest absolute Gasteiger partial charge is 0.534 e. The Morgan fingerprint density at radius 2 is 1.63 bits per heavy atom. The molecule has 0 radical (unpaired) electrons. The van der Waals surface area contributed by atoms with Crippen LogP contribution in [0.5, 0.6) is 5.75 Å². The van der Waals surface area contributed by atoms with Crippen molar-refractivity contribution in [3.63, 3.8) is 0 Å². The van der Waals surface area contributed by atoms with Crippen molar-refractivity contribution < 1.29 is 47.7 Å². The van der Waals surface area contributed by atoms with Gasteiger partial charge in [-0.1, -0.05) is 38.8 Å². The zero-order chi connectivity index (χ0) is 32.6. The Morgan fingerprint density at radius 1 is 0.957 bits per heavy atom. The van der Waals surface area contributed by atoms with Gasteiger partial charge in [-0.25, -0.2) is 9.59 Å². The van der Waals surface area contributed by atoms with Crippen molar-refractivity contribution in [1.29, 1.82) is 0 Å². The first-order chi connectivity index (χ1) is 22.4. The van der Waals surface area contributed by atoms with Gasteiger partial charge in [-0.05, 0) is 61.6 Å². The molecule has 252 valence electrons. The molecule has 2 fully saturated rings. The first-order valence-electron chi connectivity index (χ1n) is 15.7. The second kappa shape index (κ2) is 19.5. The molecule has 1 N–H and O–H groups in total. The third-order valence-corrected chi connectivity index (χ3v) is 9.98. The van der Waals surface area contributed by atoms with E-state index in [1.54, 1.807) is 45.9 Å². The molecule has 3 amide bonds. The highest BCUT2D eigenvalue weighted by atomic mass is 33.1. The van der Waals surface area contributed by atoms with E-state index in [1.807, 2.05) is 6.92 Å². The van der Waals surface area contributed by atoms with Gasteiger partial charge >= 0.3 is 12.2 Å². The van der Waals surface area contributed by atoms with Gasteiger partial charge in [0, 0.05) is 50.3 Å². The van der Waals surface area contributed by atoms with Crippen LogP contribution in [-0.4, -0.2) is 79.9 Å². The SMILES string of the molecule is CC(OCCSSCCOCCCNC(=O)OCC1C2CCC#CCCC21)Oc1ccc(COC(=O)ON2C(=O)CCC2=O)cc1. The number of hydrogen-bond donors (Lipinski definition) is 1. The van der Waals surface area contributed by atoms with Gasteiger partial charge in [-0.3, -0.25) is 14.4 Å². The maximum atomic E-state index is 12.0. The summed E-state index contributed by atoms with van der Waals surface area (Å²) in [6.07, 6.45) is 3.03. The normalized spacial score (nSPS) is 20.8. The Hall–Kier alpha value is -3.12. The van der Waals surface area contributed by atoms with E-state index in [4.69, 9.17) is 23.7 Å². The minimum absolute atomic E-state index is 0.0173. The zero-order valence-corrected chi connectivity index (χ0v) is 27.7. The van der Waals surface area contributed by atoms with E-state index in [-0.39, 0.29) is 25.5 Å². The number of amides is 3. The van der Waals surface area contributed by atoms with Gasteiger partial charge in [-0.15, -0.1) is 11.8 Å². The molecule has 1 saturated heterocycles. The molecule has 0 aromatic heterocycles. The van der Waals surface area contributed by atoms with Crippen molar-refractivity contribution >= 4 is 45.7 Å². The molecule has 1 heterocycles. The Balaban J connectivity index is 0.912. The van der Waals surface area contributed by atoms with E-state index in [0.717, 1.165) is 43.6 Å². The molecule has 14 heteroatoms. The van der Waals surface area contributed by atoms with Crippen molar-refractivity contribution in [3.8, 4) is 17.6 Å². The number of rotatable bonds is 19. The van der Waals surface area contributed by atoms with Gasteiger partial charge in [0.05, 0.1) is 19.8 Å². The number of benzene rings is 1. The number of nitrogens with zero attached hydrogens (tertiary/aromatic N) is 1. The van der Waals surface area contributed by atoms with E-state index in [2.05, 4.69) is 22.0 Å². The van der Waals surface area contributed by atoms with Crippen LogP contribution in [0.1, 0.15) is 57.4 Å². The van der Waals surface area contributed by atoms with Crippen LogP contribution in [0, 0.1) is 29.6 Å². The number of hydroxylamine groups is 2. The highest BCUT2D eigenvalue weighted by Crippen LogP contribution is 2.52. The van der Waals surface area contributed by atoms with Crippen molar-refractivity contribution in [2.75, 3.05) is 44.5 Å². The van der Waals surface area contributed by atoms with Crippen molar-refractivity contribution in [1.82, 2.24) is 10.4 Å². The summed E-state index contributed by atoms with van der Waals surface area (Å²) < 4.78 is 27.5. The molecule has 1 saturated carbocycles. The standard InChI is InChI=1S/C32H42N2O10S2/c1-23(43-25-11-9-24(10-12-25)21-42-32(38)44-34-29(35)13-14-30(34)36)40-18-20-46-45-19-17-39-16-6-15-33-31(37)41-22-28-26-7-4-2-3-5-8-27(26)28/h9-12,23,26-28H,4-8,13-22H2,1H3,(H,33,37). The molecule has 0 bridgehead atoms. The zero-order valence-electron chi connectivity index (χ0n) is 26.1. The summed E-state index contributed by atoms with van der Waals surface area (Å²) in [6, 6.07) is 6.89. The summed E-state index contributed by atoms with van der Waals surface area (Å²) >= 11 is 0. The lowest BCUT2D eigenvalue weighted by molar-refractivity contribution is -0.177. The van der Waals surface area contributed by atoms with Gasteiger partial charge in [0.25, 0.3) is 11.8 Å². The highest BCUT2D eigenvalue weighted by Gasteiger charge is 2.49. The Labute approximate surface area is 277 Å². The van der Waals surface area contributed by atoms with Crippen LogP contribution in [0.3, 0.4) is 0 Å². The van der Waals surface area contributed by atoms with Gasteiger partial charge in [0.1, 0.15) is 12.4 Å². The van der Waals surface area contributed by atoms with Crippen LogP contribution in [0.15, 0.2) is 24.3 Å². The second-order valence-corrected chi connectivity index (χ2v) is 13.7. The number of alkyl carbamates (subject to hydrolysis) is 1. The van der Waals surface area contributed by atoms with E-state index < -0.39 is 24.3 Å². The second-order valence-electron chi connectivity index (χ2n) is 11.0. The summed E-state index contributed by atoms with van der Waals surface area (Å²) in [4.78, 5) is 51.4. The fraction of sp³-hybridized carbons (Fsp3) is 0.625. The fourth-order valence-corrected chi connectivity index (χ4v) is 6.92. The number of hydrogen-bond acceptors (Lipinski definition) is 12. The summed E-state index contributed by atoms with van der Waals surface area (Å²) in [5, 5.41) is 3.25. The van der Waals surface area contributed by atoms with E-state index >= 15 is 0 Å². The van der Waals surface area contributed by atoms with E-state index in [0.29, 0.717) is 67.1 Å². The molecule has 0 spiro atoms. The van der Waals surface area contributed by atoms with Crippen molar-refractivity contribution in [3.05, 3.63) is 29.8 Å². The van der Waals surface area contributed by atoms with Crippen LogP contribution in [0.25, 0.3) is 0 Å². The quantitative estimate of drug-likeness (QED) is 0.0520. The summed E-state index contributed by atoms with van der Waals surface area (Å²) in [5.41, 5.74) is 0.675. The number of carbonyl (C=O) groups excluding carboxylic acids is 4. The number of carbonyl (C=O) groups is 4. The predicted octanol–water partition coefficient (Wildman–Crippen LogP) is 5.10. The van der Waals surface area contributed by atoms with E-state index in [9.17, 15) is 19.2 Å². The van der Waals surface area contributed by atoms with Crippen LogP contribution in [0.4, 0.5) is 9.59 Å². The number of imide groups is 1. The number of fused-ring (bicyclic) bond motifs is 1. The summed E-state index contributed by atoms with van der Waals surface area (Å²) in [7, 11) is 3.41. The molecule has 1 aromatic rings. The smallest absolute Gasteiger partial charge is 0.465 e. The monoisotopic (exact) mass is 678 g/mol. The third kappa shape index (κ3) is 12.6. The Morgan fingerprint density at radius 3 is 2.33 bits per heavy atom. The van der Waals surface area contributed by atoms with Crippen LogP contribution >= 0.6 is 21.6 Å². The highest BCUT2D eigenvalue weighted by molar-refractivity contribution is 8.76. The van der Waals surface area contributed by atoms with Crippen molar-refractivity contribution in [2.45, 2.75) is 64.8 Å². The topological polar surface area (TPSA) is 139 Å². The molecule has 2 aliphatic carbocycles. The molecule has 3 unspecified atom stereocenters. The van der Waals surface area contributed by atoms with Crippen LogP contribution < -0.4 is 10.1 Å². The number of nitrogens with one attached hydrogen (secondary N) is 1. The van der Waals surface area contributed by atoms with Crippen molar-refractivity contribution in [2.24, 2.45) is 17.8 Å². The first kappa shape index (κ1) is 35.7. The molecule has 12 nitrogen and oxygen atoms in total. The molecule has 1 aliphatic heterocycles. The maximum absolute atomic E-state index is 12.0. The summed E-state index contributed by atoms with van der Waals surface area (Å²) in [5.74, 6) is 9.36. The predicted molar refractivity (Wildman–Crippen MR) is 171 cm³/mol. The summed E-state index contributed by atoms with van der Waals surface area (Å²) in [6.45, 7) is 4.50. The first-order valence-corrected chi connectivity index (χ1v) is 18.2. The van der Waals surface area contributed by atoms with Crippen LogP contribution in [0.2, 0.25) is 0 Å². The van der Waals surface area contributed by atoms with Gasteiger partial charge in [0.15, 0.2) is 6.29 Å². The molecular weight excluding hydrogens is 636 g/mol. The molecular formula is C32H42N2O10S2. The molecule has 1 aromatic carbocycles. The fourth-order valence-electron chi connectivity index (χ4n) is 5.22. The molecule has 3 aliphatic rings. The average Bonchev–Trinajstić information content (AvgIpc) is 3.58. The lowest BCUT2D eigenvalue weighted by Crippen LogP contribution is -2.32.